The third-order valence-corrected chi connectivity index (χ3v) is 5.66. The minimum absolute atomic E-state index is 0.105. The van der Waals surface area contributed by atoms with Crippen LogP contribution in [-0.4, -0.2) is 55.9 Å². The molecule has 1 aromatic rings. The van der Waals surface area contributed by atoms with Gasteiger partial charge in [0, 0.05) is 17.8 Å². The normalized spacial score (nSPS) is 24.3. The van der Waals surface area contributed by atoms with Crippen LogP contribution in [0.15, 0.2) is 29.3 Å². The molecule has 28 heavy (non-hydrogen) atoms. The minimum Gasteiger partial charge on any atom is -0.370 e. The average Bonchev–Trinajstić information content (AvgIpc) is 2.63. The molecule has 1 atom stereocenters. The quantitative estimate of drug-likeness (QED) is 0.734. The predicted molar refractivity (Wildman–Crippen MR) is 113 cm³/mol. The number of benzene rings is 1. The Balaban J connectivity index is 1.70. The molecule has 0 bridgehead atoms. The van der Waals surface area contributed by atoms with Crippen LogP contribution in [0.2, 0.25) is 0 Å². The number of ether oxygens (including phenoxy) is 1. The highest BCUT2D eigenvalue weighted by Crippen LogP contribution is 2.35. The van der Waals surface area contributed by atoms with Crippen molar-refractivity contribution >= 4 is 34.4 Å². The SMILES string of the molecule is CC1(C)CC(=O)C(C(=S)Nc2ccc(F)cc2)C(=NCC[NH+]2CCOCC2)C1. The van der Waals surface area contributed by atoms with Crippen LogP contribution in [0.4, 0.5) is 10.1 Å². The van der Waals surface area contributed by atoms with Gasteiger partial charge in [-0.1, -0.05) is 26.1 Å². The number of Topliss-reactive ketones (excluding diaryl/α,β-unsaturated/α-hetero) is 1. The summed E-state index contributed by atoms with van der Waals surface area (Å²) < 4.78 is 18.5. The molecule has 2 N–H and O–H groups in total. The van der Waals surface area contributed by atoms with Crippen molar-refractivity contribution in [3.05, 3.63) is 30.1 Å². The molecule has 2 fully saturated rings. The van der Waals surface area contributed by atoms with Gasteiger partial charge in [-0.3, -0.25) is 9.79 Å². The minimum atomic E-state index is -0.493. The van der Waals surface area contributed by atoms with E-state index in [1.54, 1.807) is 12.1 Å². The van der Waals surface area contributed by atoms with Crippen molar-refractivity contribution in [3.8, 4) is 0 Å². The van der Waals surface area contributed by atoms with E-state index in [9.17, 15) is 9.18 Å². The number of quaternary nitrogens is 1. The first kappa shape index (κ1) is 21.0. The molecule has 1 heterocycles. The Bertz CT molecular complexity index is 743. The highest BCUT2D eigenvalue weighted by Gasteiger charge is 2.40. The summed E-state index contributed by atoms with van der Waals surface area (Å²) in [6, 6.07) is 5.99. The largest absolute Gasteiger partial charge is 0.370 e. The van der Waals surface area contributed by atoms with Crippen molar-refractivity contribution in [2.75, 3.05) is 44.7 Å². The molecule has 1 saturated carbocycles. The van der Waals surface area contributed by atoms with Crippen LogP contribution < -0.4 is 10.2 Å². The van der Waals surface area contributed by atoms with Crippen LogP contribution in [0.1, 0.15) is 26.7 Å². The van der Waals surface area contributed by atoms with E-state index in [2.05, 4.69) is 19.2 Å². The van der Waals surface area contributed by atoms with E-state index in [-0.39, 0.29) is 17.0 Å². The molecule has 7 heteroatoms. The molecule has 5 nitrogen and oxygen atoms in total. The van der Waals surface area contributed by atoms with Crippen LogP contribution >= 0.6 is 12.2 Å². The molecule has 152 valence electrons. The lowest BCUT2D eigenvalue weighted by Gasteiger charge is -2.35. The standard InChI is InChI=1S/C21H28FN3O2S/c1-21(2)13-17(23-7-8-25-9-11-27-12-10-25)19(18(26)14-21)20(28)24-16-5-3-15(22)4-6-16/h3-6,19H,7-14H2,1-2H3,(H,24,28)/p+1. The number of anilines is 1. The third-order valence-electron chi connectivity index (χ3n) is 5.32. The van der Waals surface area contributed by atoms with Gasteiger partial charge >= 0.3 is 0 Å². The van der Waals surface area contributed by atoms with Crippen molar-refractivity contribution in [3.63, 3.8) is 0 Å². The van der Waals surface area contributed by atoms with Crippen molar-refractivity contribution in [2.45, 2.75) is 26.7 Å². The summed E-state index contributed by atoms with van der Waals surface area (Å²) in [6.07, 6.45) is 1.24. The summed E-state index contributed by atoms with van der Waals surface area (Å²) in [5.74, 6) is -0.694. The molecular weight excluding hydrogens is 377 g/mol. The summed E-state index contributed by atoms with van der Waals surface area (Å²) in [6.45, 7) is 9.42. The summed E-state index contributed by atoms with van der Waals surface area (Å²) in [7, 11) is 0. The Morgan fingerprint density at radius 1 is 1.29 bits per heavy atom. The molecule has 0 aromatic heterocycles. The fourth-order valence-corrected chi connectivity index (χ4v) is 4.26. The Morgan fingerprint density at radius 2 is 1.96 bits per heavy atom. The maximum Gasteiger partial charge on any atom is 0.148 e. The van der Waals surface area contributed by atoms with E-state index < -0.39 is 5.92 Å². The first-order chi connectivity index (χ1) is 13.3. The van der Waals surface area contributed by atoms with E-state index in [1.807, 2.05) is 0 Å². The maximum atomic E-state index is 13.1. The highest BCUT2D eigenvalue weighted by molar-refractivity contribution is 7.80. The van der Waals surface area contributed by atoms with Gasteiger partial charge in [-0.25, -0.2) is 4.39 Å². The smallest absolute Gasteiger partial charge is 0.148 e. The van der Waals surface area contributed by atoms with Gasteiger partial charge in [0.15, 0.2) is 0 Å². The number of thiocarbonyl (C=S) groups is 1. The molecule has 0 spiro atoms. The third kappa shape index (κ3) is 5.65. The molecule has 1 aliphatic carbocycles. The van der Waals surface area contributed by atoms with Gasteiger partial charge in [0.1, 0.15) is 30.6 Å². The Kier molecular flexibility index (Phi) is 6.91. The van der Waals surface area contributed by atoms with Gasteiger partial charge in [-0.15, -0.1) is 0 Å². The number of hydrogen-bond acceptors (Lipinski definition) is 4. The lowest BCUT2D eigenvalue weighted by molar-refractivity contribution is -0.906. The van der Waals surface area contributed by atoms with Crippen molar-refractivity contribution < 1.29 is 18.8 Å². The molecule has 1 aromatic carbocycles. The number of carbonyl (C=O) groups is 1. The fraction of sp³-hybridized carbons (Fsp3) is 0.571. The average molecular weight is 407 g/mol. The van der Waals surface area contributed by atoms with Crippen LogP contribution in [-0.2, 0) is 9.53 Å². The van der Waals surface area contributed by atoms with Crippen molar-refractivity contribution in [1.29, 1.82) is 0 Å². The number of hydrogen-bond donors (Lipinski definition) is 2. The maximum absolute atomic E-state index is 13.1. The Labute approximate surface area is 171 Å². The zero-order chi connectivity index (χ0) is 20.1. The Hall–Kier alpha value is -1.70. The monoisotopic (exact) mass is 406 g/mol. The second-order valence-electron chi connectivity index (χ2n) is 8.40. The van der Waals surface area contributed by atoms with Gasteiger partial charge in [0.05, 0.1) is 31.3 Å². The second kappa shape index (κ2) is 9.20. The summed E-state index contributed by atoms with van der Waals surface area (Å²) in [5, 5.41) is 3.11. The topological polar surface area (TPSA) is 55.1 Å². The number of morpholine rings is 1. The van der Waals surface area contributed by atoms with Gasteiger partial charge < -0.3 is 15.0 Å². The van der Waals surface area contributed by atoms with Gasteiger partial charge in [0.25, 0.3) is 0 Å². The molecule has 0 amide bonds. The fourth-order valence-electron chi connectivity index (χ4n) is 3.87. The molecule has 1 saturated heterocycles. The lowest BCUT2D eigenvalue weighted by Crippen LogP contribution is -3.14. The summed E-state index contributed by atoms with van der Waals surface area (Å²) in [4.78, 5) is 19.6. The van der Waals surface area contributed by atoms with Crippen LogP contribution in [0, 0.1) is 17.2 Å². The van der Waals surface area contributed by atoms with E-state index in [1.165, 1.54) is 17.0 Å². The second-order valence-corrected chi connectivity index (χ2v) is 8.84. The molecule has 3 rings (SSSR count). The summed E-state index contributed by atoms with van der Waals surface area (Å²) in [5.41, 5.74) is 1.44. The first-order valence-electron chi connectivity index (χ1n) is 9.88. The predicted octanol–water partition coefficient (Wildman–Crippen LogP) is 1.93. The van der Waals surface area contributed by atoms with E-state index in [4.69, 9.17) is 21.9 Å². The number of aliphatic imine (C=N–C) groups is 1. The molecule has 0 radical (unpaired) electrons. The number of carbonyl (C=O) groups excluding carboxylic acids is 1. The Morgan fingerprint density at radius 3 is 2.64 bits per heavy atom. The van der Waals surface area contributed by atoms with Gasteiger partial charge in [0.2, 0.25) is 0 Å². The number of ketones is 1. The van der Waals surface area contributed by atoms with Gasteiger partial charge in [-0.05, 0) is 36.1 Å². The van der Waals surface area contributed by atoms with Crippen LogP contribution in [0.25, 0.3) is 0 Å². The lowest BCUT2D eigenvalue weighted by atomic mass is 9.71. The van der Waals surface area contributed by atoms with Crippen molar-refractivity contribution in [1.82, 2.24) is 0 Å². The zero-order valence-corrected chi connectivity index (χ0v) is 17.4. The van der Waals surface area contributed by atoms with Gasteiger partial charge in [-0.2, -0.15) is 0 Å². The van der Waals surface area contributed by atoms with Crippen molar-refractivity contribution in [2.24, 2.45) is 16.3 Å². The van der Waals surface area contributed by atoms with E-state index in [0.717, 1.165) is 45.0 Å². The highest BCUT2D eigenvalue weighted by atomic mass is 32.1. The number of nitrogens with one attached hydrogen (secondary N) is 2. The van der Waals surface area contributed by atoms with E-state index >= 15 is 0 Å². The molecule has 1 aliphatic heterocycles. The number of rotatable bonds is 5. The van der Waals surface area contributed by atoms with E-state index in [0.29, 0.717) is 23.6 Å². The molecule has 2 aliphatic rings. The molecule has 1 unspecified atom stereocenters. The molecular formula is C21H29FN3O2S+. The number of halogens is 1. The first-order valence-corrected chi connectivity index (χ1v) is 10.3. The number of nitrogens with zero attached hydrogens (tertiary/aromatic N) is 1. The van der Waals surface area contributed by atoms with Crippen LogP contribution in [0.5, 0.6) is 0 Å². The zero-order valence-electron chi connectivity index (χ0n) is 16.6. The van der Waals surface area contributed by atoms with Crippen LogP contribution in [0.3, 0.4) is 0 Å². The summed E-state index contributed by atoms with van der Waals surface area (Å²) >= 11 is 5.57.